The number of hydrogen-bond donors (Lipinski definition) is 1. The van der Waals surface area contributed by atoms with Gasteiger partial charge in [0.15, 0.2) is 0 Å². The molecule has 3 heteroatoms. The zero-order valence-corrected chi connectivity index (χ0v) is 11.8. The van der Waals surface area contributed by atoms with Gasteiger partial charge in [0.25, 0.3) is 0 Å². The number of nitrogens with zero attached hydrogens (tertiary/aromatic N) is 1. The maximum atomic E-state index is 5.83. The molecule has 1 aromatic heterocycles. The number of fused-ring (bicyclic) bond motifs is 3. The molecule has 0 bridgehead atoms. The number of aromatic nitrogens is 1. The predicted octanol–water partition coefficient (Wildman–Crippen LogP) is 3.16. The molecule has 20 heavy (non-hydrogen) atoms. The third-order valence-electron chi connectivity index (χ3n) is 3.73. The maximum absolute atomic E-state index is 5.83. The molecule has 0 amide bonds. The van der Waals surface area contributed by atoms with Crippen LogP contribution in [-0.2, 0) is 11.3 Å². The second-order valence-electron chi connectivity index (χ2n) is 4.96. The van der Waals surface area contributed by atoms with Gasteiger partial charge in [-0.1, -0.05) is 36.4 Å². The standard InChI is InChI=1S/C17H20N2O/c1-2-20-13(11-18)12-19-16-9-5-3-7-14(16)15-8-4-6-10-17(15)19/h3-10,13H,2,11-12,18H2,1H3. The zero-order chi connectivity index (χ0) is 13.9. The summed E-state index contributed by atoms with van der Waals surface area (Å²) in [5, 5.41) is 2.57. The normalized spacial score (nSPS) is 13.1. The van der Waals surface area contributed by atoms with Crippen LogP contribution in [0.4, 0.5) is 0 Å². The Kier molecular flexibility index (Phi) is 3.72. The number of benzene rings is 2. The lowest BCUT2D eigenvalue weighted by Gasteiger charge is -2.17. The largest absolute Gasteiger partial charge is 0.375 e. The Morgan fingerprint density at radius 1 is 1.00 bits per heavy atom. The summed E-state index contributed by atoms with van der Waals surface area (Å²) in [5.41, 5.74) is 8.31. The first-order valence-electron chi connectivity index (χ1n) is 7.12. The molecule has 2 aromatic carbocycles. The average molecular weight is 268 g/mol. The van der Waals surface area contributed by atoms with Crippen LogP contribution in [0.15, 0.2) is 48.5 Å². The SMILES string of the molecule is CCOC(CN)Cn1c2ccccc2c2ccccc21. The number of ether oxygens (including phenoxy) is 1. The van der Waals surface area contributed by atoms with Crippen molar-refractivity contribution in [2.45, 2.75) is 19.6 Å². The first kappa shape index (κ1) is 13.2. The van der Waals surface area contributed by atoms with Crippen LogP contribution in [0.1, 0.15) is 6.92 Å². The molecule has 1 heterocycles. The summed E-state index contributed by atoms with van der Waals surface area (Å²) in [7, 11) is 0. The Morgan fingerprint density at radius 2 is 1.55 bits per heavy atom. The van der Waals surface area contributed by atoms with E-state index in [1.807, 2.05) is 6.92 Å². The van der Waals surface area contributed by atoms with Crippen LogP contribution >= 0.6 is 0 Å². The van der Waals surface area contributed by atoms with Crippen molar-refractivity contribution >= 4 is 21.8 Å². The van der Waals surface area contributed by atoms with Crippen LogP contribution in [0, 0.1) is 0 Å². The lowest BCUT2D eigenvalue weighted by Crippen LogP contribution is -2.28. The molecule has 0 fully saturated rings. The van der Waals surface area contributed by atoms with E-state index < -0.39 is 0 Å². The van der Waals surface area contributed by atoms with Crippen LogP contribution in [0.25, 0.3) is 21.8 Å². The third kappa shape index (κ3) is 2.19. The molecule has 3 aromatic rings. The van der Waals surface area contributed by atoms with Crippen molar-refractivity contribution in [1.82, 2.24) is 4.57 Å². The average Bonchev–Trinajstić information content (AvgIpc) is 2.82. The topological polar surface area (TPSA) is 40.2 Å². The summed E-state index contributed by atoms with van der Waals surface area (Å²) >= 11 is 0. The number of para-hydroxylation sites is 2. The van der Waals surface area contributed by atoms with Gasteiger partial charge >= 0.3 is 0 Å². The molecule has 0 spiro atoms. The van der Waals surface area contributed by atoms with Crippen molar-refractivity contribution < 1.29 is 4.74 Å². The van der Waals surface area contributed by atoms with E-state index in [1.165, 1.54) is 21.8 Å². The quantitative estimate of drug-likeness (QED) is 0.772. The van der Waals surface area contributed by atoms with Gasteiger partial charge in [0.2, 0.25) is 0 Å². The lowest BCUT2D eigenvalue weighted by molar-refractivity contribution is 0.0584. The molecule has 0 aliphatic carbocycles. The number of hydrogen-bond acceptors (Lipinski definition) is 2. The minimum atomic E-state index is 0.0548. The molecule has 0 aliphatic heterocycles. The van der Waals surface area contributed by atoms with Gasteiger partial charge in [0.1, 0.15) is 0 Å². The molecule has 3 nitrogen and oxygen atoms in total. The van der Waals surface area contributed by atoms with Crippen molar-refractivity contribution in [2.24, 2.45) is 5.73 Å². The van der Waals surface area contributed by atoms with Crippen LogP contribution in [0.3, 0.4) is 0 Å². The Balaban J connectivity index is 2.16. The Bertz CT molecular complexity index is 664. The maximum Gasteiger partial charge on any atom is 0.0875 e. The highest BCUT2D eigenvalue weighted by Gasteiger charge is 2.13. The molecule has 0 aliphatic rings. The lowest BCUT2D eigenvalue weighted by atomic mass is 10.2. The molecular weight excluding hydrogens is 248 g/mol. The van der Waals surface area contributed by atoms with Gasteiger partial charge in [-0.25, -0.2) is 0 Å². The highest BCUT2D eigenvalue weighted by molar-refractivity contribution is 6.07. The van der Waals surface area contributed by atoms with E-state index in [-0.39, 0.29) is 6.10 Å². The van der Waals surface area contributed by atoms with Crippen LogP contribution in [0.2, 0.25) is 0 Å². The number of nitrogens with two attached hydrogens (primary N) is 1. The van der Waals surface area contributed by atoms with Gasteiger partial charge in [-0.05, 0) is 19.1 Å². The van der Waals surface area contributed by atoms with Crippen LogP contribution in [-0.4, -0.2) is 23.8 Å². The van der Waals surface area contributed by atoms with Crippen molar-refractivity contribution in [1.29, 1.82) is 0 Å². The second-order valence-corrected chi connectivity index (χ2v) is 4.96. The van der Waals surface area contributed by atoms with E-state index in [0.717, 1.165) is 6.54 Å². The Morgan fingerprint density at radius 3 is 2.05 bits per heavy atom. The molecule has 1 atom stereocenters. The van der Waals surface area contributed by atoms with Gasteiger partial charge in [-0.3, -0.25) is 0 Å². The highest BCUT2D eigenvalue weighted by atomic mass is 16.5. The van der Waals surface area contributed by atoms with Crippen molar-refractivity contribution in [3.8, 4) is 0 Å². The van der Waals surface area contributed by atoms with E-state index in [1.54, 1.807) is 0 Å². The van der Waals surface area contributed by atoms with Gasteiger partial charge in [-0.15, -0.1) is 0 Å². The fourth-order valence-corrected chi connectivity index (χ4v) is 2.83. The van der Waals surface area contributed by atoms with E-state index in [4.69, 9.17) is 10.5 Å². The Hall–Kier alpha value is -1.84. The van der Waals surface area contributed by atoms with Gasteiger partial charge in [0.05, 0.1) is 12.6 Å². The first-order valence-corrected chi connectivity index (χ1v) is 7.12. The van der Waals surface area contributed by atoms with Crippen molar-refractivity contribution in [2.75, 3.05) is 13.2 Å². The smallest absolute Gasteiger partial charge is 0.0875 e. The third-order valence-corrected chi connectivity index (χ3v) is 3.73. The van der Waals surface area contributed by atoms with Gasteiger partial charge < -0.3 is 15.0 Å². The summed E-state index contributed by atoms with van der Waals surface area (Å²) in [6, 6.07) is 17.0. The molecule has 3 rings (SSSR count). The highest BCUT2D eigenvalue weighted by Crippen LogP contribution is 2.28. The molecule has 0 saturated heterocycles. The van der Waals surface area contributed by atoms with E-state index in [0.29, 0.717) is 13.2 Å². The zero-order valence-electron chi connectivity index (χ0n) is 11.8. The van der Waals surface area contributed by atoms with E-state index in [9.17, 15) is 0 Å². The second kappa shape index (κ2) is 5.65. The van der Waals surface area contributed by atoms with E-state index in [2.05, 4.69) is 53.1 Å². The Labute approximate surface area is 118 Å². The first-order chi connectivity index (χ1) is 9.85. The van der Waals surface area contributed by atoms with Gasteiger partial charge in [0, 0.05) is 35.0 Å². The summed E-state index contributed by atoms with van der Waals surface area (Å²) in [6.45, 7) is 4.03. The molecular formula is C17H20N2O. The monoisotopic (exact) mass is 268 g/mol. The molecule has 104 valence electrons. The van der Waals surface area contributed by atoms with Crippen LogP contribution in [0.5, 0.6) is 0 Å². The molecule has 0 radical (unpaired) electrons. The predicted molar refractivity (Wildman–Crippen MR) is 83.9 cm³/mol. The minimum absolute atomic E-state index is 0.0548. The fraction of sp³-hybridized carbons (Fsp3) is 0.294. The summed E-state index contributed by atoms with van der Waals surface area (Å²) in [5.74, 6) is 0. The van der Waals surface area contributed by atoms with Crippen molar-refractivity contribution in [3.63, 3.8) is 0 Å². The van der Waals surface area contributed by atoms with Crippen LogP contribution < -0.4 is 5.73 Å². The summed E-state index contributed by atoms with van der Waals surface area (Å²) in [4.78, 5) is 0. The van der Waals surface area contributed by atoms with E-state index >= 15 is 0 Å². The fourth-order valence-electron chi connectivity index (χ4n) is 2.83. The summed E-state index contributed by atoms with van der Waals surface area (Å²) < 4.78 is 8.03. The molecule has 0 saturated carbocycles. The molecule has 2 N–H and O–H groups in total. The molecule has 1 unspecified atom stereocenters. The minimum Gasteiger partial charge on any atom is -0.375 e. The van der Waals surface area contributed by atoms with Crippen molar-refractivity contribution in [3.05, 3.63) is 48.5 Å². The summed E-state index contributed by atoms with van der Waals surface area (Å²) in [6.07, 6.45) is 0.0548. The van der Waals surface area contributed by atoms with Gasteiger partial charge in [-0.2, -0.15) is 0 Å². The number of rotatable bonds is 5.